The standard InChI is InChI=1S/C25H21BrN4O3/c1-16-7-8-18(26)13-21(16)30-25(32)23-22(27-15-28-23)24(31)29-19-9-11-20(12-10-19)33-14-17-5-3-2-4-6-17/h2-13,15H,14H2,1H3,(H,27,28)(H,29,31)(H,30,32). The molecule has 1 aromatic heterocycles. The predicted octanol–water partition coefficient (Wildman–Crippen LogP) is 5.56. The Hall–Kier alpha value is -3.91. The fraction of sp³-hybridized carbons (Fsp3) is 0.0800. The van der Waals surface area contributed by atoms with E-state index in [1.54, 1.807) is 30.3 Å². The van der Waals surface area contributed by atoms with Crippen LogP contribution in [-0.2, 0) is 6.61 Å². The van der Waals surface area contributed by atoms with Gasteiger partial charge in [-0.2, -0.15) is 0 Å². The molecule has 3 N–H and O–H groups in total. The SMILES string of the molecule is Cc1ccc(Br)cc1NC(=O)c1nc[nH]c1C(=O)Nc1ccc(OCc2ccccc2)cc1. The van der Waals surface area contributed by atoms with Crippen LogP contribution in [0.3, 0.4) is 0 Å². The van der Waals surface area contributed by atoms with Crippen LogP contribution in [0.2, 0.25) is 0 Å². The monoisotopic (exact) mass is 504 g/mol. The molecule has 0 spiro atoms. The lowest BCUT2D eigenvalue weighted by atomic mass is 10.2. The van der Waals surface area contributed by atoms with Gasteiger partial charge in [-0.15, -0.1) is 0 Å². The zero-order valence-electron chi connectivity index (χ0n) is 17.8. The van der Waals surface area contributed by atoms with Crippen LogP contribution < -0.4 is 15.4 Å². The zero-order chi connectivity index (χ0) is 23.2. The number of anilines is 2. The summed E-state index contributed by atoms with van der Waals surface area (Å²) in [5.74, 6) is -0.267. The van der Waals surface area contributed by atoms with Crippen molar-refractivity contribution >= 4 is 39.1 Å². The van der Waals surface area contributed by atoms with Crippen molar-refractivity contribution in [2.24, 2.45) is 0 Å². The van der Waals surface area contributed by atoms with E-state index >= 15 is 0 Å². The van der Waals surface area contributed by atoms with Gasteiger partial charge in [-0.05, 0) is 54.4 Å². The molecule has 2 amide bonds. The minimum atomic E-state index is -0.479. The number of halogens is 1. The van der Waals surface area contributed by atoms with Crippen LogP contribution in [0.25, 0.3) is 0 Å². The third-order valence-corrected chi connectivity index (χ3v) is 5.38. The minimum Gasteiger partial charge on any atom is -0.489 e. The van der Waals surface area contributed by atoms with E-state index in [9.17, 15) is 9.59 Å². The first-order valence-electron chi connectivity index (χ1n) is 10.2. The Morgan fingerprint density at radius 1 is 0.970 bits per heavy atom. The summed E-state index contributed by atoms with van der Waals surface area (Å²) in [5.41, 5.74) is 3.24. The molecule has 0 atom stereocenters. The molecule has 0 aliphatic heterocycles. The maximum Gasteiger partial charge on any atom is 0.276 e. The molecule has 0 radical (unpaired) electrons. The number of carbonyl (C=O) groups is 2. The maximum absolute atomic E-state index is 12.8. The summed E-state index contributed by atoms with van der Waals surface area (Å²) in [6.45, 7) is 2.34. The summed E-state index contributed by atoms with van der Waals surface area (Å²) in [6, 6.07) is 22.4. The number of aryl methyl sites for hydroxylation is 1. The van der Waals surface area contributed by atoms with Crippen LogP contribution in [0.5, 0.6) is 5.75 Å². The highest BCUT2D eigenvalue weighted by atomic mass is 79.9. The van der Waals surface area contributed by atoms with Crippen molar-refractivity contribution in [3.63, 3.8) is 0 Å². The first-order valence-corrected chi connectivity index (χ1v) is 11.0. The highest BCUT2D eigenvalue weighted by molar-refractivity contribution is 9.10. The highest BCUT2D eigenvalue weighted by Crippen LogP contribution is 2.22. The summed E-state index contributed by atoms with van der Waals surface area (Å²) >= 11 is 3.39. The van der Waals surface area contributed by atoms with E-state index in [2.05, 4.69) is 36.5 Å². The number of imidazole rings is 1. The molecule has 0 saturated carbocycles. The van der Waals surface area contributed by atoms with Crippen molar-refractivity contribution in [3.05, 3.63) is 106 Å². The molecule has 8 heteroatoms. The van der Waals surface area contributed by atoms with Crippen molar-refractivity contribution in [1.82, 2.24) is 9.97 Å². The second-order valence-electron chi connectivity index (χ2n) is 7.29. The Kier molecular flexibility index (Phi) is 6.85. The molecule has 1 heterocycles. The Labute approximate surface area is 199 Å². The number of rotatable bonds is 7. The lowest BCUT2D eigenvalue weighted by molar-refractivity contribution is 0.0985. The van der Waals surface area contributed by atoms with E-state index < -0.39 is 11.8 Å². The highest BCUT2D eigenvalue weighted by Gasteiger charge is 2.21. The second kappa shape index (κ2) is 10.1. The summed E-state index contributed by atoms with van der Waals surface area (Å²) in [5, 5.41) is 5.57. The number of aromatic nitrogens is 2. The van der Waals surface area contributed by atoms with E-state index in [0.29, 0.717) is 23.7 Å². The Balaban J connectivity index is 1.39. The van der Waals surface area contributed by atoms with Crippen LogP contribution in [0.15, 0.2) is 83.6 Å². The Morgan fingerprint density at radius 3 is 2.48 bits per heavy atom. The van der Waals surface area contributed by atoms with Crippen molar-refractivity contribution in [2.75, 3.05) is 10.6 Å². The lowest BCUT2D eigenvalue weighted by Crippen LogP contribution is -2.20. The van der Waals surface area contributed by atoms with E-state index in [4.69, 9.17) is 4.74 Å². The van der Waals surface area contributed by atoms with E-state index in [-0.39, 0.29) is 11.4 Å². The maximum atomic E-state index is 12.8. The van der Waals surface area contributed by atoms with Gasteiger partial charge in [-0.25, -0.2) is 4.98 Å². The molecule has 166 valence electrons. The molecule has 0 fully saturated rings. The molecule has 0 aliphatic rings. The number of nitrogens with zero attached hydrogens (tertiary/aromatic N) is 1. The summed E-state index contributed by atoms with van der Waals surface area (Å²) in [6.07, 6.45) is 1.32. The molecule has 0 saturated heterocycles. The minimum absolute atomic E-state index is 0.00897. The molecule has 4 aromatic rings. The Bertz CT molecular complexity index is 1270. The Morgan fingerprint density at radius 2 is 1.73 bits per heavy atom. The number of benzene rings is 3. The summed E-state index contributed by atoms with van der Waals surface area (Å²) < 4.78 is 6.60. The largest absolute Gasteiger partial charge is 0.489 e. The molecular formula is C25H21BrN4O3. The van der Waals surface area contributed by atoms with Crippen LogP contribution in [0, 0.1) is 6.92 Å². The van der Waals surface area contributed by atoms with Gasteiger partial charge in [-0.3, -0.25) is 9.59 Å². The van der Waals surface area contributed by atoms with Crippen molar-refractivity contribution in [2.45, 2.75) is 13.5 Å². The number of H-pyrrole nitrogens is 1. The molecular weight excluding hydrogens is 484 g/mol. The summed E-state index contributed by atoms with van der Waals surface area (Å²) in [7, 11) is 0. The number of hydrogen-bond acceptors (Lipinski definition) is 4. The van der Waals surface area contributed by atoms with Gasteiger partial charge in [-0.1, -0.05) is 52.3 Å². The smallest absolute Gasteiger partial charge is 0.276 e. The first-order chi connectivity index (χ1) is 16.0. The average molecular weight is 505 g/mol. The van der Waals surface area contributed by atoms with Gasteiger partial charge in [0.25, 0.3) is 11.8 Å². The molecule has 0 aliphatic carbocycles. The third kappa shape index (κ3) is 5.67. The van der Waals surface area contributed by atoms with Crippen LogP contribution in [0.4, 0.5) is 11.4 Å². The topological polar surface area (TPSA) is 96.1 Å². The third-order valence-electron chi connectivity index (χ3n) is 4.89. The second-order valence-corrected chi connectivity index (χ2v) is 8.21. The van der Waals surface area contributed by atoms with E-state index in [1.807, 2.05) is 49.4 Å². The van der Waals surface area contributed by atoms with Crippen molar-refractivity contribution in [1.29, 1.82) is 0 Å². The van der Waals surface area contributed by atoms with Gasteiger partial charge in [0.1, 0.15) is 18.1 Å². The lowest BCUT2D eigenvalue weighted by Gasteiger charge is -2.10. The molecule has 3 aromatic carbocycles. The van der Waals surface area contributed by atoms with Gasteiger partial charge in [0, 0.05) is 15.8 Å². The van der Waals surface area contributed by atoms with Gasteiger partial charge < -0.3 is 20.4 Å². The molecule has 7 nitrogen and oxygen atoms in total. The van der Waals surface area contributed by atoms with Gasteiger partial charge in [0.2, 0.25) is 0 Å². The zero-order valence-corrected chi connectivity index (χ0v) is 19.3. The first kappa shape index (κ1) is 22.3. The quantitative estimate of drug-likeness (QED) is 0.306. The number of nitrogens with one attached hydrogen (secondary N) is 3. The number of carbonyl (C=O) groups excluding carboxylic acids is 2. The number of aromatic amines is 1. The number of amides is 2. The fourth-order valence-electron chi connectivity index (χ4n) is 3.12. The van der Waals surface area contributed by atoms with Crippen LogP contribution in [0.1, 0.15) is 32.1 Å². The summed E-state index contributed by atoms with van der Waals surface area (Å²) in [4.78, 5) is 32.3. The molecule has 0 bridgehead atoms. The van der Waals surface area contributed by atoms with Gasteiger partial charge >= 0.3 is 0 Å². The predicted molar refractivity (Wildman–Crippen MR) is 131 cm³/mol. The van der Waals surface area contributed by atoms with E-state index in [0.717, 1.165) is 15.6 Å². The van der Waals surface area contributed by atoms with Gasteiger partial charge in [0.15, 0.2) is 5.69 Å². The molecule has 33 heavy (non-hydrogen) atoms. The van der Waals surface area contributed by atoms with Crippen LogP contribution >= 0.6 is 15.9 Å². The molecule has 4 rings (SSSR count). The van der Waals surface area contributed by atoms with E-state index in [1.165, 1.54) is 6.33 Å². The fourth-order valence-corrected chi connectivity index (χ4v) is 3.48. The average Bonchev–Trinajstić information content (AvgIpc) is 3.32. The van der Waals surface area contributed by atoms with Crippen molar-refractivity contribution in [3.8, 4) is 5.75 Å². The normalized spacial score (nSPS) is 10.5. The molecule has 0 unspecified atom stereocenters. The van der Waals surface area contributed by atoms with Crippen LogP contribution in [-0.4, -0.2) is 21.8 Å². The van der Waals surface area contributed by atoms with Crippen molar-refractivity contribution < 1.29 is 14.3 Å². The van der Waals surface area contributed by atoms with Gasteiger partial charge in [0.05, 0.1) is 6.33 Å². The number of hydrogen-bond donors (Lipinski definition) is 3. The number of ether oxygens (including phenoxy) is 1.